The fourth-order valence-corrected chi connectivity index (χ4v) is 3.19. The number of benzene rings is 2. The molecule has 32 heavy (non-hydrogen) atoms. The standard InChI is InChI=1S/C25H31N3O4/c1-2-16-26-28-24(30)25(15-6-10-20-8-4-3-5-9-20)19-32-23(27-25)21-11-13-22(14-12-21)31-18-7-17-29/h3-6,8-14,26,29H,2,7,15-19H2,1H3,(H,28,30)/b10-6+/t25-/m0/s1. The van der Waals surface area contributed by atoms with E-state index in [9.17, 15) is 4.79 Å². The molecule has 3 N–H and O–H groups in total. The van der Waals surface area contributed by atoms with Gasteiger partial charge in [-0.3, -0.25) is 10.2 Å². The molecule has 0 saturated heterocycles. The van der Waals surface area contributed by atoms with E-state index < -0.39 is 5.54 Å². The van der Waals surface area contributed by atoms with Crippen molar-refractivity contribution >= 4 is 17.9 Å². The Balaban J connectivity index is 1.75. The highest BCUT2D eigenvalue weighted by Crippen LogP contribution is 2.27. The molecule has 1 amide bonds. The Morgan fingerprint density at radius 1 is 1.22 bits per heavy atom. The molecule has 0 fully saturated rings. The fourth-order valence-electron chi connectivity index (χ4n) is 3.19. The molecule has 7 nitrogen and oxygen atoms in total. The van der Waals surface area contributed by atoms with Crippen molar-refractivity contribution in [3.05, 3.63) is 71.8 Å². The van der Waals surface area contributed by atoms with Crippen molar-refractivity contribution in [1.29, 1.82) is 0 Å². The molecular formula is C25H31N3O4. The highest BCUT2D eigenvalue weighted by Gasteiger charge is 2.43. The summed E-state index contributed by atoms with van der Waals surface area (Å²) in [6.07, 6.45) is 5.84. The zero-order chi connectivity index (χ0) is 22.7. The monoisotopic (exact) mass is 437 g/mol. The van der Waals surface area contributed by atoms with Crippen molar-refractivity contribution in [1.82, 2.24) is 10.9 Å². The number of carbonyl (C=O) groups excluding carboxylic acids is 1. The van der Waals surface area contributed by atoms with Crippen molar-refractivity contribution in [2.75, 3.05) is 26.4 Å². The number of carbonyl (C=O) groups is 1. The van der Waals surface area contributed by atoms with Gasteiger partial charge in [0.05, 0.1) is 6.61 Å². The van der Waals surface area contributed by atoms with Crippen LogP contribution in [0.15, 0.2) is 65.7 Å². The van der Waals surface area contributed by atoms with E-state index in [1.807, 2.05) is 73.7 Å². The van der Waals surface area contributed by atoms with Crippen molar-refractivity contribution < 1.29 is 19.4 Å². The molecule has 170 valence electrons. The lowest BCUT2D eigenvalue weighted by atomic mass is 9.95. The number of hydrazine groups is 1. The minimum absolute atomic E-state index is 0.0959. The van der Waals surface area contributed by atoms with Gasteiger partial charge in [0.1, 0.15) is 12.4 Å². The quantitative estimate of drug-likeness (QED) is 0.351. The lowest BCUT2D eigenvalue weighted by Gasteiger charge is -2.21. The molecule has 1 heterocycles. The number of aliphatic hydroxyl groups is 1. The molecule has 0 unspecified atom stereocenters. The molecule has 3 rings (SSSR count). The topological polar surface area (TPSA) is 92.2 Å². The first-order valence-corrected chi connectivity index (χ1v) is 11.0. The third-order valence-corrected chi connectivity index (χ3v) is 5.00. The molecule has 1 atom stereocenters. The fraction of sp³-hybridized carbons (Fsp3) is 0.360. The van der Waals surface area contributed by atoms with E-state index >= 15 is 0 Å². The molecule has 0 spiro atoms. The Labute approximate surface area is 189 Å². The number of amides is 1. The predicted molar refractivity (Wildman–Crippen MR) is 125 cm³/mol. The van der Waals surface area contributed by atoms with E-state index in [-0.39, 0.29) is 19.1 Å². The Bertz CT molecular complexity index is 913. The average molecular weight is 438 g/mol. The summed E-state index contributed by atoms with van der Waals surface area (Å²) < 4.78 is 11.4. The van der Waals surface area contributed by atoms with E-state index in [4.69, 9.17) is 19.6 Å². The van der Waals surface area contributed by atoms with E-state index in [0.29, 0.717) is 37.6 Å². The molecule has 0 aliphatic carbocycles. The maximum absolute atomic E-state index is 13.0. The molecule has 1 aliphatic heterocycles. The van der Waals surface area contributed by atoms with Crippen LogP contribution in [0.5, 0.6) is 5.75 Å². The number of aliphatic imine (C=N–C) groups is 1. The largest absolute Gasteiger partial charge is 0.494 e. The van der Waals surface area contributed by atoms with Gasteiger partial charge in [0.25, 0.3) is 5.91 Å². The number of nitrogens with one attached hydrogen (secondary N) is 2. The Kier molecular flexibility index (Phi) is 8.83. The summed E-state index contributed by atoms with van der Waals surface area (Å²) >= 11 is 0. The molecule has 7 heteroatoms. The van der Waals surface area contributed by atoms with Crippen LogP contribution in [0.3, 0.4) is 0 Å². The van der Waals surface area contributed by atoms with Gasteiger partial charge in [0, 0.05) is 31.6 Å². The van der Waals surface area contributed by atoms with Gasteiger partial charge in [-0.15, -0.1) is 0 Å². The molecule has 0 bridgehead atoms. The summed E-state index contributed by atoms with van der Waals surface area (Å²) in [6.45, 7) is 3.42. The normalized spacial score (nSPS) is 17.8. The number of nitrogens with zero attached hydrogens (tertiary/aromatic N) is 1. The first-order valence-electron chi connectivity index (χ1n) is 11.0. The molecule has 0 radical (unpaired) electrons. The van der Waals surface area contributed by atoms with Crippen LogP contribution in [-0.2, 0) is 9.53 Å². The SMILES string of the molecule is CCCNNC(=O)[C@]1(C/C=C/c2ccccc2)COC(c2ccc(OCCCO)cc2)=N1. The molecule has 1 aliphatic rings. The van der Waals surface area contributed by atoms with E-state index in [2.05, 4.69) is 10.9 Å². The Morgan fingerprint density at radius 3 is 2.72 bits per heavy atom. The molecular weight excluding hydrogens is 406 g/mol. The number of ether oxygens (including phenoxy) is 2. The minimum atomic E-state index is -1.04. The smallest absolute Gasteiger partial charge is 0.266 e. The van der Waals surface area contributed by atoms with E-state index in [0.717, 1.165) is 17.5 Å². The lowest BCUT2D eigenvalue weighted by molar-refractivity contribution is -0.127. The predicted octanol–water partition coefficient (Wildman–Crippen LogP) is 3.10. The molecule has 2 aromatic carbocycles. The van der Waals surface area contributed by atoms with Crippen LogP contribution in [0, 0.1) is 0 Å². The number of hydrogen-bond donors (Lipinski definition) is 3. The van der Waals surface area contributed by atoms with Gasteiger partial charge in [-0.25, -0.2) is 10.4 Å². The van der Waals surface area contributed by atoms with Crippen LogP contribution < -0.4 is 15.6 Å². The first-order chi connectivity index (χ1) is 15.7. The van der Waals surface area contributed by atoms with Crippen LogP contribution in [0.25, 0.3) is 6.08 Å². The van der Waals surface area contributed by atoms with E-state index in [1.54, 1.807) is 0 Å². The third-order valence-electron chi connectivity index (χ3n) is 5.00. The van der Waals surface area contributed by atoms with Crippen LogP contribution in [-0.4, -0.2) is 48.8 Å². The summed E-state index contributed by atoms with van der Waals surface area (Å²) in [5.74, 6) is 0.924. The van der Waals surface area contributed by atoms with Gasteiger partial charge in [-0.05, 0) is 36.2 Å². The Morgan fingerprint density at radius 2 is 2.00 bits per heavy atom. The first kappa shape index (κ1) is 23.5. The number of hydrogen-bond acceptors (Lipinski definition) is 6. The zero-order valence-corrected chi connectivity index (χ0v) is 18.4. The summed E-state index contributed by atoms with van der Waals surface area (Å²) in [4.78, 5) is 17.7. The van der Waals surface area contributed by atoms with Crippen molar-refractivity contribution in [2.24, 2.45) is 4.99 Å². The Hall–Kier alpha value is -3.16. The van der Waals surface area contributed by atoms with E-state index in [1.165, 1.54) is 0 Å². The van der Waals surface area contributed by atoms with Gasteiger partial charge in [0.15, 0.2) is 5.54 Å². The lowest BCUT2D eigenvalue weighted by Crippen LogP contribution is -2.51. The number of aliphatic hydroxyl groups excluding tert-OH is 1. The highest BCUT2D eigenvalue weighted by atomic mass is 16.5. The van der Waals surface area contributed by atoms with Gasteiger partial charge >= 0.3 is 0 Å². The maximum Gasteiger partial charge on any atom is 0.266 e. The van der Waals surface area contributed by atoms with Crippen LogP contribution in [0.1, 0.15) is 37.3 Å². The summed E-state index contributed by atoms with van der Waals surface area (Å²) in [5, 5.41) is 8.87. The van der Waals surface area contributed by atoms with Crippen molar-refractivity contribution in [3.8, 4) is 5.75 Å². The maximum atomic E-state index is 13.0. The summed E-state index contributed by atoms with van der Waals surface area (Å²) in [7, 11) is 0. The second-order valence-corrected chi connectivity index (χ2v) is 7.59. The van der Waals surface area contributed by atoms with Gasteiger partial charge in [0.2, 0.25) is 5.90 Å². The van der Waals surface area contributed by atoms with Crippen LogP contribution in [0.4, 0.5) is 0 Å². The number of rotatable bonds is 12. The van der Waals surface area contributed by atoms with Gasteiger partial charge in [-0.1, -0.05) is 49.4 Å². The summed E-state index contributed by atoms with van der Waals surface area (Å²) in [6, 6.07) is 17.3. The minimum Gasteiger partial charge on any atom is -0.494 e. The average Bonchev–Trinajstić information content (AvgIpc) is 3.26. The zero-order valence-electron chi connectivity index (χ0n) is 18.4. The van der Waals surface area contributed by atoms with Crippen LogP contribution in [0.2, 0.25) is 0 Å². The second kappa shape index (κ2) is 12.0. The third kappa shape index (κ3) is 6.42. The molecule has 0 aromatic heterocycles. The van der Waals surface area contributed by atoms with Crippen molar-refractivity contribution in [3.63, 3.8) is 0 Å². The van der Waals surface area contributed by atoms with Crippen LogP contribution >= 0.6 is 0 Å². The van der Waals surface area contributed by atoms with Crippen molar-refractivity contribution in [2.45, 2.75) is 31.7 Å². The van der Waals surface area contributed by atoms with Gasteiger partial charge < -0.3 is 14.6 Å². The summed E-state index contributed by atoms with van der Waals surface area (Å²) in [5.41, 5.74) is 6.52. The second-order valence-electron chi connectivity index (χ2n) is 7.59. The molecule has 2 aromatic rings. The van der Waals surface area contributed by atoms with Gasteiger partial charge in [-0.2, -0.15) is 0 Å². The highest BCUT2D eigenvalue weighted by molar-refractivity contribution is 6.00. The molecule has 0 saturated carbocycles.